The standard InChI is InChI=1S/C27H27N3O5/c1-2-3-17-34-23-15-11-21(12-16-23)26(32)28-19-25(31)30-29-18-20-9-13-24(14-10-20)35-27(33)22-7-5-4-6-8-22/h4-16,18H,2-3,17,19H2,1H3,(H,28,32)(H,30,31)/b29-18+. The fraction of sp³-hybridized carbons (Fsp3) is 0.185. The maximum Gasteiger partial charge on any atom is 0.343 e. The Bertz CT molecular complexity index is 1140. The van der Waals surface area contributed by atoms with E-state index in [1.165, 1.54) is 6.21 Å². The van der Waals surface area contributed by atoms with Gasteiger partial charge in [-0.15, -0.1) is 0 Å². The van der Waals surface area contributed by atoms with Crippen LogP contribution in [-0.2, 0) is 4.79 Å². The van der Waals surface area contributed by atoms with E-state index in [-0.39, 0.29) is 12.5 Å². The van der Waals surface area contributed by atoms with Gasteiger partial charge >= 0.3 is 5.97 Å². The van der Waals surface area contributed by atoms with Gasteiger partial charge in [-0.1, -0.05) is 31.5 Å². The largest absolute Gasteiger partial charge is 0.494 e. The van der Waals surface area contributed by atoms with Crippen LogP contribution in [0.3, 0.4) is 0 Å². The molecule has 0 spiro atoms. The molecule has 2 N–H and O–H groups in total. The zero-order valence-corrected chi connectivity index (χ0v) is 19.4. The summed E-state index contributed by atoms with van der Waals surface area (Å²) in [5, 5.41) is 6.42. The van der Waals surface area contributed by atoms with Crippen molar-refractivity contribution in [2.45, 2.75) is 19.8 Å². The summed E-state index contributed by atoms with van der Waals surface area (Å²) in [4.78, 5) is 36.2. The average molecular weight is 474 g/mol. The van der Waals surface area contributed by atoms with Crippen molar-refractivity contribution in [2.75, 3.05) is 13.2 Å². The smallest absolute Gasteiger partial charge is 0.343 e. The molecule has 8 nitrogen and oxygen atoms in total. The number of carbonyl (C=O) groups excluding carboxylic acids is 3. The molecule has 0 aliphatic rings. The van der Waals surface area contributed by atoms with Gasteiger partial charge in [0.2, 0.25) is 0 Å². The Kier molecular flexibility index (Phi) is 9.56. The molecule has 0 atom stereocenters. The second-order valence-electron chi connectivity index (χ2n) is 7.53. The van der Waals surface area contributed by atoms with Gasteiger partial charge < -0.3 is 14.8 Å². The lowest BCUT2D eigenvalue weighted by Gasteiger charge is -2.07. The Morgan fingerprint density at radius 3 is 2.23 bits per heavy atom. The summed E-state index contributed by atoms with van der Waals surface area (Å²) in [6.45, 7) is 2.50. The van der Waals surface area contributed by atoms with E-state index in [2.05, 4.69) is 22.8 Å². The molecular weight excluding hydrogens is 446 g/mol. The fourth-order valence-corrected chi connectivity index (χ4v) is 2.88. The van der Waals surface area contributed by atoms with Gasteiger partial charge in [0.1, 0.15) is 11.5 Å². The first-order valence-corrected chi connectivity index (χ1v) is 11.3. The highest BCUT2D eigenvalue weighted by Gasteiger charge is 2.09. The van der Waals surface area contributed by atoms with Crippen LogP contribution in [0.5, 0.6) is 11.5 Å². The summed E-state index contributed by atoms with van der Waals surface area (Å²) in [7, 11) is 0. The van der Waals surface area contributed by atoms with Crippen LogP contribution in [0.25, 0.3) is 0 Å². The van der Waals surface area contributed by atoms with Gasteiger partial charge in [-0.3, -0.25) is 9.59 Å². The predicted molar refractivity (Wildman–Crippen MR) is 133 cm³/mol. The first kappa shape index (κ1) is 25.2. The first-order valence-electron chi connectivity index (χ1n) is 11.3. The van der Waals surface area contributed by atoms with Gasteiger partial charge in [-0.25, -0.2) is 10.2 Å². The van der Waals surface area contributed by atoms with Crippen molar-refractivity contribution in [1.82, 2.24) is 10.7 Å². The number of nitrogens with one attached hydrogen (secondary N) is 2. The maximum absolute atomic E-state index is 12.2. The summed E-state index contributed by atoms with van der Waals surface area (Å²) in [6.07, 6.45) is 3.46. The van der Waals surface area contributed by atoms with Crippen LogP contribution < -0.4 is 20.2 Å². The van der Waals surface area contributed by atoms with E-state index in [1.807, 2.05) is 6.07 Å². The minimum atomic E-state index is -0.470. The van der Waals surface area contributed by atoms with Crippen LogP contribution in [0, 0.1) is 0 Å². The molecule has 0 unspecified atom stereocenters. The molecule has 0 aromatic heterocycles. The number of unbranched alkanes of at least 4 members (excludes halogenated alkanes) is 1. The number of carbonyl (C=O) groups is 3. The molecule has 2 amide bonds. The Labute approximate surface area is 204 Å². The van der Waals surface area contributed by atoms with E-state index >= 15 is 0 Å². The molecule has 0 saturated heterocycles. The third kappa shape index (κ3) is 8.43. The number of hydrazone groups is 1. The monoisotopic (exact) mass is 473 g/mol. The third-order valence-electron chi connectivity index (χ3n) is 4.80. The zero-order valence-electron chi connectivity index (χ0n) is 19.4. The van der Waals surface area contributed by atoms with E-state index < -0.39 is 11.9 Å². The molecular formula is C27H27N3O5. The number of nitrogens with zero attached hydrogens (tertiary/aromatic N) is 1. The summed E-state index contributed by atoms with van der Waals surface area (Å²) in [5.41, 5.74) is 3.93. The second-order valence-corrected chi connectivity index (χ2v) is 7.53. The molecule has 0 aliphatic carbocycles. The molecule has 180 valence electrons. The Morgan fingerprint density at radius 1 is 0.857 bits per heavy atom. The van der Waals surface area contributed by atoms with E-state index in [0.717, 1.165) is 12.8 Å². The molecule has 3 aromatic carbocycles. The minimum absolute atomic E-state index is 0.223. The van der Waals surface area contributed by atoms with Crippen LogP contribution in [0.15, 0.2) is 84.0 Å². The van der Waals surface area contributed by atoms with Gasteiger partial charge in [0.05, 0.1) is 24.9 Å². The lowest BCUT2D eigenvalue weighted by molar-refractivity contribution is -0.120. The van der Waals surface area contributed by atoms with Gasteiger partial charge in [-0.2, -0.15) is 5.10 Å². The maximum atomic E-state index is 12.2. The predicted octanol–water partition coefficient (Wildman–Crippen LogP) is 3.96. The molecule has 0 bridgehead atoms. The second kappa shape index (κ2) is 13.3. The van der Waals surface area contributed by atoms with Crippen LogP contribution in [0.1, 0.15) is 46.0 Å². The van der Waals surface area contributed by atoms with E-state index in [0.29, 0.717) is 34.8 Å². The van der Waals surface area contributed by atoms with Gasteiger partial charge in [0, 0.05) is 5.56 Å². The summed E-state index contributed by atoms with van der Waals surface area (Å²) < 4.78 is 10.9. The number of rotatable bonds is 11. The number of benzene rings is 3. The van der Waals surface area contributed by atoms with Crippen molar-refractivity contribution in [3.63, 3.8) is 0 Å². The van der Waals surface area contributed by atoms with Crippen LogP contribution in [0.4, 0.5) is 0 Å². The summed E-state index contributed by atoms with van der Waals surface area (Å²) >= 11 is 0. The first-order chi connectivity index (χ1) is 17.0. The molecule has 3 aromatic rings. The molecule has 8 heteroatoms. The van der Waals surface area contributed by atoms with Crippen molar-refractivity contribution >= 4 is 24.0 Å². The van der Waals surface area contributed by atoms with Crippen LogP contribution in [0.2, 0.25) is 0 Å². The Balaban J connectivity index is 1.39. The zero-order chi connectivity index (χ0) is 24.9. The highest BCUT2D eigenvalue weighted by Crippen LogP contribution is 2.14. The van der Waals surface area contributed by atoms with Crippen LogP contribution >= 0.6 is 0 Å². The van der Waals surface area contributed by atoms with Crippen molar-refractivity contribution in [3.8, 4) is 11.5 Å². The fourth-order valence-electron chi connectivity index (χ4n) is 2.88. The molecule has 0 heterocycles. The SMILES string of the molecule is CCCCOc1ccc(C(=O)NCC(=O)N/N=C/c2ccc(OC(=O)c3ccccc3)cc2)cc1. The Morgan fingerprint density at radius 2 is 1.54 bits per heavy atom. The van der Waals surface area contributed by atoms with E-state index in [4.69, 9.17) is 9.47 Å². The van der Waals surface area contributed by atoms with E-state index in [9.17, 15) is 14.4 Å². The quantitative estimate of drug-likeness (QED) is 0.144. The highest BCUT2D eigenvalue weighted by atomic mass is 16.5. The van der Waals surface area contributed by atoms with Crippen molar-refractivity contribution in [1.29, 1.82) is 0 Å². The molecule has 0 fully saturated rings. The van der Waals surface area contributed by atoms with Gasteiger partial charge in [-0.05, 0) is 72.6 Å². The molecule has 3 rings (SSSR count). The number of ether oxygens (including phenoxy) is 2. The number of hydrogen-bond acceptors (Lipinski definition) is 6. The summed E-state index contributed by atoms with van der Waals surface area (Å²) in [6, 6.07) is 22.1. The Hall–Kier alpha value is -4.46. The third-order valence-corrected chi connectivity index (χ3v) is 4.80. The molecule has 0 saturated carbocycles. The molecule has 0 aliphatic heterocycles. The van der Waals surface area contributed by atoms with Crippen molar-refractivity contribution < 1.29 is 23.9 Å². The topological polar surface area (TPSA) is 106 Å². The normalized spacial score (nSPS) is 10.5. The van der Waals surface area contributed by atoms with Gasteiger partial charge in [0.25, 0.3) is 11.8 Å². The van der Waals surface area contributed by atoms with Crippen molar-refractivity contribution in [3.05, 3.63) is 95.6 Å². The van der Waals surface area contributed by atoms with Crippen LogP contribution in [-0.4, -0.2) is 37.1 Å². The summed E-state index contributed by atoms with van der Waals surface area (Å²) in [5.74, 6) is -0.197. The van der Waals surface area contributed by atoms with E-state index in [1.54, 1.807) is 72.8 Å². The number of hydrogen-bond donors (Lipinski definition) is 2. The molecule has 35 heavy (non-hydrogen) atoms. The minimum Gasteiger partial charge on any atom is -0.494 e. The molecule has 0 radical (unpaired) electrons. The lowest BCUT2D eigenvalue weighted by Crippen LogP contribution is -2.34. The highest BCUT2D eigenvalue weighted by molar-refractivity contribution is 5.96. The number of amides is 2. The van der Waals surface area contributed by atoms with Gasteiger partial charge in [0.15, 0.2) is 0 Å². The lowest BCUT2D eigenvalue weighted by atomic mass is 10.2. The number of esters is 1. The average Bonchev–Trinajstić information content (AvgIpc) is 2.89. The van der Waals surface area contributed by atoms with Crippen molar-refractivity contribution in [2.24, 2.45) is 5.10 Å².